The smallest absolute Gasteiger partial charge is 0.306 e. The summed E-state index contributed by atoms with van der Waals surface area (Å²) in [5.74, 6) is -0.500. The molecule has 0 aromatic carbocycles. The summed E-state index contributed by atoms with van der Waals surface area (Å²) in [6, 6.07) is 0. The van der Waals surface area contributed by atoms with E-state index in [0.29, 0.717) is 13.1 Å². The number of amides is 1. The van der Waals surface area contributed by atoms with Gasteiger partial charge in [0.2, 0.25) is 5.91 Å². The molecular weight excluding hydrogens is 198 g/mol. The van der Waals surface area contributed by atoms with Gasteiger partial charge in [-0.25, -0.2) is 0 Å². The first-order chi connectivity index (χ1) is 7.15. The van der Waals surface area contributed by atoms with Crippen LogP contribution in [0.1, 0.15) is 26.2 Å². The van der Waals surface area contributed by atoms with Crippen molar-refractivity contribution >= 4 is 11.9 Å². The van der Waals surface area contributed by atoms with E-state index >= 15 is 0 Å². The summed E-state index contributed by atoms with van der Waals surface area (Å²) < 4.78 is 4.44. The lowest BCUT2D eigenvalue weighted by Crippen LogP contribution is -2.34. The molecule has 5 heteroatoms. The Hall–Kier alpha value is -1.10. The number of nitrogens with zero attached hydrogens (tertiary/aromatic N) is 1. The molecule has 1 N–H and O–H groups in total. The van der Waals surface area contributed by atoms with Crippen molar-refractivity contribution in [1.82, 2.24) is 4.90 Å². The van der Waals surface area contributed by atoms with Gasteiger partial charge in [-0.1, -0.05) is 6.92 Å². The number of carbonyl (C=O) groups is 2. The Kier molecular flexibility index (Phi) is 7.62. The first-order valence-electron chi connectivity index (χ1n) is 5.11. The molecule has 0 saturated carbocycles. The molecule has 0 aliphatic heterocycles. The van der Waals surface area contributed by atoms with Crippen molar-refractivity contribution in [2.45, 2.75) is 26.2 Å². The van der Waals surface area contributed by atoms with Crippen LogP contribution in [0.25, 0.3) is 0 Å². The van der Waals surface area contributed by atoms with Gasteiger partial charge in [0.05, 0.1) is 20.1 Å². The first kappa shape index (κ1) is 13.9. The zero-order valence-electron chi connectivity index (χ0n) is 9.36. The second kappa shape index (κ2) is 8.23. The lowest BCUT2D eigenvalue weighted by molar-refractivity contribution is -0.143. The highest BCUT2D eigenvalue weighted by Gasteiger charge is 2.13. The fourth-order valence-electron chi connectivity index (χ4n) is 1.22. The number of rotatable bonds is 7. The van der Waals surface area contributed by atoms with Crippen LogP contribution in [0.5, 0.6) is 0 Å². The number of ether oxygens (including phenoxy) is 1. The molecule has 0 fully saturated rings. The minimum Gasteiger partial charge on any atom is -0.469 e. The lowest BCUT2D eigenvalue weighted by atomic mass is 10.2. The Balaban J connectivity index is 3.96. The normalized spacial score (nSPS) is 9.80. The fourth-order valence-corrected chi connectivity index (χ4v) is 1.22. The maximum atomic E-state index is 11.6. The number of esters is 1. The number of aliphatic hydroxyl groups is 1. The van der Waals surface area contributed by atoms with Gasteiger partial charge in [-0.2, -0.15) is 0 Å². The summed E-state index contributed by atoms with van der Waals surface area (Å²) in [5, 5.41) is 8.75. The van der Waals surface area contributed by atoms with Gasteiger partial charge in [-0.3, -0.25) is 9.59 Å². The number of aliphatic hydroxyl groups excluding tert-OH is 1. The predicted molar refractivity (Wildman–Crippen MR) is 55.2 cm³/mol. The van der Waals surface area contributed by atoms with Crippen LogP contribution in [-0.2, 0) is 14.3 Å². The third-order valence-corrected chi connectivity index (χ3v) is 1.99. The maximum absolute atomic E-state index is 11.6. The molecule has 0 saturated heterocycles. The van der Waals surface area contributed by atoms with E-state index in [9.17, 15) is 9.59 Å². The molecule has 0 bridgehead atoms. The molecular formula is C10H19NO4. The van der Waals surface area contributed by atoms with Gasteiger partial charge in [0, 0.05) is 19.5 Å². The SMILES string of the molecule is CCCN(CCO)C(=O)CCC(=O)OC. The van der Waals surface area contributed by atoms with Crippen LogP contribution in [-0.4, -0.2) is 48.7 Å². The standard InChI is InChI=1S/C10H19NO4/c1-3-6-11(7-8-12)9(13)4-5-10(14)15-2/h12H,3-8H2,1-2H3. The van der Waals surface area contributed by atoms with E-state index in [1.54, 1.807) is 4.90 Å². The first-order valence-corrected chi connectivity index (χ1v) is 5.11. The molecule has 0 aromatic rings. The van der Waals surface area contributed by atoms with Crippen molar-refractivity contribution in [3.8, 4) is 0 Å². The Morgan fingerprint density at radius 1 is 1.27 bits per heavy atom. The Labute approximate surface area is 90.0 Å². The van der Waals surface area contributed by atoms with E-state index in [2.05, 4.69) is 4.74 Å². The van der Waals surface area contributed by atoms with Gasteiger partial charge in [-0.15, -0.1) is 0 Å². The molecule has 0 rings (SSSR count). The number of hydrogen-bond donors (Lipinski definition) is 1. The molecule has 15 heavy (non-hydrogen) atoms. The third kappa shape index (κ3) is 6.06. The molecule has 0 heterocycles. The van der Waals surface area contributed by atoms with E-state index in [4.69, 9.17) is 5.11 Å². The van der Waals surface area contributed by atoms with Gasteiger partial charge in [0.1, 0.15) is 0 Å². The highest BCUT2D eigenvalue weighted by atomic mass is 16.5. The molecule has 0 aliphatic carbocycles. The van der Waals surface area contributed by atoms with E-state index in [1.165, 1.54) is 7.11 Å². The van der Waals surface area contributed by atoms with E-state index in [-0.39, 0.29) is 31.3 Å². The van der Waals surface area contributed by atoms with Gasteiger partial charge < -0.3 is 14.7 Å². The van der Waals surface area contributed by atoms with E-state index in [1.807, 2.05) is 6.92 Å². The van der Waals surface area contributed by atoms with Crippen molar-refractivity contribution < 1.29 is 19.4 Å². The summed E-state index contributed by atoms with van der Waals surface area (Å²) in [7, 11) is 1.30. The molecule has 0 atom stereocenters. The van der Waals surface area contributed by atoms with Gasteiger partial charge in [0.25, 0.3) is 0 Å². The van der Waals surface area contributed by atoms with Gasteiger partial charge in [-0.05, 0) is 6.42 Å². The van der Waals surface area contributed by atoms with E-state index in [0.717, 1.165) is 6.42 Å². The van der Waals surface area contributed by atoms with Crippen LogP contribution < -0.4 is 0 Å². The summed E-state index contributed by atoms with van der Waals surface area (Å²) in [4.78, 5) is 23.9. The molecule has 5 nitrogen and oxygen atoms in total. The van der Waals surface area contributed by atoms with Gasteiger partial charge >= 0.3 is 5.97 Å². The number of hydrogen-bond acceptors (Lipinski definition) is 4. The summed E-state index contributed by atoms with van der Waals surface area (Å²) in [5.41, 5.74) is 0. The number of carbonyl (C=O) groups excluding carboxylic acids is 2. The predicted octanol–water partition coefficient (Wildman–Crippen LogP) is 0.170. The monoisotopic (exact) mass is 217 g/mol. The molecule has 0 unspecified atom stereocenters. The number of methoxy groups -OCH3 is 1. The van der Waals surface area contributed by atoms with Crippen molar-refractivity contribution in [3.63, 3.8) is 0 Å². The zero-order valence-corrected chi connectivity index (χ0v) is 9.36. The maximum Gasteiger partial charge on any atom is 0.306 e. The molecule has 0 radical (unpaired) electrons. The summed E-state index contributed by atoms with van der Waals surface area (Å²) in [6.45, 7) is 2.84. The van der Waals surface area contributed by atoms with Crippen LogP contribution in [0, 0.1) is 0 Å². The lowest BCUT2D eigenvalue weighted by Gasteiger charge is -2.20. The van der Waals surface area contributed by atoms with Crippen LogP contribution in [0.2, 0.25) is 0 Å². The van der Waals surface area contributed by atoms with Crippen molar-refractivity contribution in [3.05, 3.63) is 0 Å². The second-order valence-corrected chi connectivity index (χ2v) is 3.18. The largest absolute Gasteiger partial charge is 0.469 e. The highest BCUT2D eigenvalue weighted by Crippen LogP contribution is 2.00. The minimum atomic E-state index is -0.385. The fraction of sp³-hybridized carbons (Fsp3) is 0.800. The second-order valence-electron chi connectivity index (χ2n) is 3.18. The average Bonchev–Trinajstić information content (AvgIpc) is 2.25. The van der Waals surface area contributed by atoms with Crippen LogP contribution in [0.15, 0.2) is 0 Å². The minimum absolute atomic E-state index is 0.0516. The highest BCUT2D eigenvalue weighted by molar-refractivity contribution is 5.81. The average molecular weight is 217 g/mol. The molecule has 1 amide bonds. The Morgan fingerprint density at radius 2 is 1.93 bits per heavy atom. The van der Waals surface area contributed by atoms with Crippen molar-refractivity contribution in [1.29, 1.82) is 0 Å². The van der Waals surface area contributed by atoms with Crippen LogP contribution in [0.3, 0.4) is 0 Å². The van der Waals surface area contributed by atoms with Gasteiger partial charge in [0.15, 0.2) is 0 Å². The zero-order chi connectivity index (χ0) is 11.7. The Morgan fingerprint density at radius 3 is 2.40 bits per heavy atom. The van der Waals surface area contributed by atoms with Crippen molar-refractivity contribution in [2.75, 3.05) is 26.8 Å². The molecule has 88 valence electrons. The van der Waals surface area contributed by atoms with Crippen LogP contribution >= 0.6 is 0 Å². The quantitative estimate of drug-likeness (QED) is 0.617. The van der Waals surface area contributed by atoms with Crippen LogP contribution in [0.4, 0.5) is 0 Å². The molecule has 0 spiro atoms. The summed E-state index contributed by atoms with van der Waals surface area (Å²) in [6.07, 6.45) is 1.08. The molecule has 0 aliphatic rings. The third-order valence-electron chi connectivity index (χ3n) is 1.99. The van der Waals surface area contributed by atoms with Crippen molar-refractivity contribution in [2.24, 2.45) is 0 Å². The topological polar surface area (TPSA) is 66.8 Å². The Bertz CT molecular complexity index is 200. The molecule has 0 aromatic heterocycles. The summed E-state index contributed by atoms with van der Waals surface area (Å²) >= 11 is 0. The van der Waals surface area contributed by atoms with E-state index < -0.39 is 0 Å².